The summed E-state index contributed by atoms with van der Waals surface area (Å²) in [5, 5.41) is 8.14. The van der Waals surface area contributed by atoms with Gasteiger partial charge >= 0.3 is 6.18 Å². The molecule has 5 nitrogen and oxygen atoms in total. The van der Waals surface area contributed by atoms with Crippen LogP contribution in [0.4, 0.5) is 13.2 Å². The molecule has 25 heavy (non-hydrogen) atoms. The van der Waals surface area contributed by atoms with E-state index in [-0.39, 0.29) is 5.92 Å². The van der Waals surface area contributed by atoms with Crippen molar-refractivity contribution < 1.29 is 22.4 Å². The lowest BCUT2D eigenvalue weighted by atomic mass is 9.96. The standard InChI is InChI=1S/C17H18F3N3O2/c18-17(19,20)9-6-14(24)23-10-7-13(8-11-23)16-22-21-15(25-16)12-4-2-1-3-5-12/h1-5,13H,6-11H2. The molecule has 3 rings (SSSR count). The molecule has 0 saturated carbocycles. The predicted octanol–water partition coefficient (Wildman–Crippen LogP) is 3.79. The van der Waals surface area contributed by atoms with E-state index >= 15 is 0 Å². The second kappa shape index (κ2) is 7.25. The zero-order chi connectivity index (χ0) is 17.9. The van der Waals surface area contributed by atoms with Gasteiger partial charge in [-0.3, -0.25) is 4.79 Å². The molecule has 1 aromatic heterocycles. The molecule has 0 unspecified atom stereocenters. The fourth-order valence-corrected chi connectivity index (χ4v) is 2.88. The van der Waals surface area contributed by atoms with Crippen molar-refractivity contribution >= 4 is 5.91 Å². The minimum absolute atomic E-state index is 0.0247. The highest BCUT2D eigenvalue weighted by Crippen LogP contribution is 2.30. The molecule has 1 fully saturated rings. The van der Waals surface area contributed by atoms with Crippen LogP contribution in [0.15, 0.2) is 34.7 Å². The van der Waals surface area contributed by atoms with Crippen LogP contribution in [0.2, 0.25) is 0 Å². The Labute approximate surface area is 142 Å². The van der Waals surface area contributed by atoms with Gasteiger partial charge in [-0.2, -0.15) is 13.2 Å². The minimum atomic E-state index is -4.30. The summed E-state index contributed by atoms with van der Waals surface area (Å²) in [6.07, 6.45) is -4.66. The van der Waals surface area contributed by atoms with Gasteiger partial charge in [0.2, 0.25) is 17.7 Å². The summed E-state index contributed by atoms with van der Waals surface area (Å²) in [5.74, 6) is 0.531. The van der Waals surface area contributed by atoms with E-state index in [1.165, 1.54) is 4.90 Å². The number of nitrogens with zero attached hydrogens (tertiary/aromatic N) is 3. The van der Waals surface area contributed by atoms with Crippen molar-refractivity contribution in [1.29, 1.82) is 0 Å². The Morgan fingerprint density at radius 1 is 1.16 bits per heavy atom. The van der Waals surface area contributed by atoms with E-state index in [2.05, 4.69) is 10.2 Å². The lowest BCUT2D eigenvalue weighted by Gasteiger charge is -2.30. The molecule has 134 valence electrons. The molecule has 1 aliphatic heterocycles. The number of halogens is 3. The molecule has 1 aliphatic rings. The molecule has 8 heteroatoms. The van der Waals surface area contributed by atoms with Crippen LogP contribution in [0.25, 0.3) is 11.5 Å². The van der Waals surface area contributed by atoms with Crippen molar-refractivity contribution in [2.45, 2.75) is 37.8 Å². The summed E-state index contributed by atoms with van der Waals surface area (Å²) in [7, 11) is 0. The molecular formula is C17H18F3N3O2. The van der Waals surface area contributed by atoms with Crippen LogP contribution in [0, 0.1) is 0 Å². The molecule has 1 amide bonds. The summed E-state index contributed by atoms with van der Waals surface area (Å²) in [5.41, 5.74) is 0.834. The highest BCUT2D eigenvalue weighted by atomic mass is 19.4. The van der Waals surface area contributed by atoms with E-state index in [4.69, 9.17) is 4.42 Å². The summed E-state index contributed by atoms with van der Waals surface area (Å²) in [6.45, 7) is 0.814. The van der Waals surface area contributed by atoms with E-state index in [0.29, 0.717) is 37.7 Å². The first-order chi connectivity index (χ1) is 11.9. The molecule has 1 aromatic carbocycles. The summed E-state index contributed by atoms with van der Waals surface area (Å²) in [6, 6.07) is 9.40. The lowest BCUT2D eigenvalue weighted by molar-refractivity contribution is -0.149. The number of rotatable bonds is 4. The molecule has 0 radical (unpaired) electrons. The van der Waals surface area contributed by atoms with Gasteiger partial charge in [-0.15, -0.1) is 10.2 Å². The van der Waals surface area contributed by atoms with E-state index in [1.807, 2.05) is 30.3 Å². The number of carbonyl (C=O) groups excluding carboxylic acids is 1. The molecular weight excluding hydrogens is 335 g/mol. The van der Waals surface area contributed by atoms with Gasteiger partial charge in [0, 0.05) is 31.0 Å². The van der Waals surface area contributed by atoms with E-state index in [9.17, 15) is 18.0 Å². The van der Waals surface area contributed by atoms with Gasteiger partial charge in [-0.05, 0) is 25.0 Å². The second-order valence-corrected chi connectivity index (χ2v) is 6.08. The fourth-order valence-electron chi connectivity index (χ4n) is 2.88. The van der Waals surface area contributed by atoms with Gasteiger partial charge in [0.1, 0.15) is 0 Å². The summed E-state index contributed by atoms with van der Waals surface area (Å²) >= 11 is 0. The first kappa shape index (κ1) is 17.4. The highest BCUT2D eigenvalue weighted by Gasteiger charge is 2.31. The molecule has 0 atom stereocenters. The normalized spacial score (nSPS) is 16.2. The topological polar surface area (TPSA) is 59.2 Å². The maximum atomic E-state index is 12.2. The number of likely N-dealkylation sites (tertiary alicyclic amines) is 1. The Hall–Kier alpha value is -2.38. The van der Waals surface area contributed by atoms with Crippen molar-refractivity contribution in [2.24, 2.45) is 0 Å². The predicted molar refractivity (Wildman–Crippen MR) is 83.6 cm³/mol. The van der Waals surface area contributed by atoms with Crippen LogP contribution < -0.4 is 0 Å². The Kier molecular flexibility index (Phi) is 5.06. The minimum Gasteiger partial charge on any atom is -0.420 e. The Morgan fingerprint density at radius 3 is 2.48 bits per heavy atom. The number of hydrogen-bond acceptors (Lipinski definition) is 4. The van der Waals surface area contributed by atoms with Crippen LogP contribution in [0.3, 0.4) is 0 Å². The van der Waals surface area contributed by atoms with Crippen LogP contribution in [0.5, 0.6) is 0 Å². The highest BCUT2D eigenvalue weighted by molar-refractivity contribution is 5.76. The first-order valence-corrected chi connectivity index (χ1v) is 8.16. The molecule has 0 bridgehead atoms. The van der Waals surface area contributed by atoms with Gasteiger partial charge in [0.05, 0.1) is 6.42 Å². The third-order valence-electron chi connectivity index (χ3n) is 4.28. The molecule has 2 aromatic rings. The number of piperidine rings is 1. The Balaban J connectivity index is 1.54. The van der Waals surface area contributed by atoms with Crippen molar-refractivity contribution in [2.75, 3.05) is 13.1 Å². The molecule has 0 N–H and O–H groups in total. The SMILES string of the molecule is O=C(CCC(F)(F)F)N1CCC(c2nnc(-c3ccccc3)o2)CC1. The number of alkyl halides is 3. The number of amides is 1. The fraction of sp³-hybridized carbons (Fsp3) is 0.471. The largest absolute Gasteiger partial charge is 0.420 e. The second-order valence-electron chi connectivity index (χ2n) is 6.08. The van der Waals surface area contributed by atoms with Crippen LogP contribution in [-0.2, 0) is 4.79 Å². The first-order valence-electron chi connectivity index (χ1n) is 8.16. The van der Waals surface area contributed by atoms with Crippen molar-refractivity contribution in [1.82, 2.24) is 15.1 Å². The van der Waals surface area contributed by atoms with E-state index < -0.39 is 24.9 Å². The van der Waals surface area contributed by atoms with E-state index in [1.54, 1.807) is 0 Å². The number of carbonyl (C=O) groups is 1. The zero-order valence-electron chi connectivity index (χ0n) is 13.5. The Morgan fingerprint density at radius 2 is 1.84 bits per heavy atom. The molecule has 0 spiro atoms. The van der Waals surface area contributed by atoms with Gasteiger partial charge in [-0.1, -0.05) is 18.2 Å². The Bertz CT molecular complexity index is 707. The molecule has 2 heterocycles. The van der Waals surface area contributed by atoms with E-state index in [0.717, 1.165) is 5.56 Å². The number of benzene rings is 1. The van der Waals surface area contributed by atoms with Crippen LogP contribution in [0.1, 0.15) is 37.5 Å². The van der Waals surface area contributed by atoms with Gasteiger partial charge in [0.25, 0.3) is 0 Å². The average Bonchev–Trinajstić information content (AvgIpc) is 3.10. The monoisotopic (exact) mass is 353 g/mol. The van der Waals surface area contributed by atoms with Crippen LogP contribution in [-0.4, -0.2) is 40.3 Å². The number of hydrogen-bond donors (Lipinski definition) is 0. The van der Waals surface area contributed by atoms with Gasteiger partial charge in [0.15, 0.2) is 0 Å². The zero-order valence-corrected chi connectivity index (χ0v) is 13.5. The third kappa shape index (κ3) is 4.58. The average molecular weight is 353 g/mol. The maximum absolute atomic E-state index is 12.2. The van der Waals surface area contributed by atoms with Crippen LogP contribution >= 0.6 is 0 Å². The van der Waals surface area contributed by atoms with Crippen molar-refractivity contribution in [3.63, 3.8) is 0 Å². The number of aromatic nitrogens is 2. The van der Waals surface area contributed by atoms with Crippen molar-refractivity contribution in [3.8, 4) is 11.5 Å². The van der Waals surface area contributed by atoms with Crippen molar-refractivity contribution in [3.05, 3.63) is 36.2 Å². The molecule has 1 saturated heterocycles. The summed E-state index contributed by atoms with van der Waals surface area (Å²) < 4.78 is 42.4. The quantitative estimate of drug-likeness (QED) is 0.839. The third-order valence-corrected chi connectivity index (χ3v) is 4.28. The smallest absolute Gasteiger partial charge is 0.389 e. The lowest BCUT2D eigenvalue weighted by Crippen LogP contribution is -2.38. The molecule has 0 aliphatic carbocycles. The van der Waals surface area contributed by atoms with Gasteiger partial charge in [-0.25, -0.2) is 0 Å². The maximum Gasteiger partial charge on any atom is 0.389 e. The van der Waals surface area contributed by atoms with Gasteiger partial charge < -0.3 is 9.32 Å². The summed E-state index contributed by atoms with van der Waals surface area (Å²) in [4.78, 5) is 13.3.